The van der Waals surface area contributed by atoms with E-state index in [0.29, 0.717) is 0 Å². The van der Waals surface area contributed by atoms with Gasteiger partial charge in [0, 0.05) is 35.9 Å². The van der Waals surface area contributed by atoms with Gasteiger partial charge in [-0.1, -0.05) is 42.8 Å². The Bertz CT molecular complexity index is 850. The molecule has 3 aromatic rings. The molecule has 0 amide bonds. The Hall–Kier alpha value is -2.52. The van der Waals surface area contributed by atoms with Crippen LogP contribution in [0, 0.1) is 6.92 Å². The molecule has 0 spiro atoms. The van der Waals surface area contributed by atoms with Crippen LogP contribution < -0.4 is 4.90 Å². The molecule has 128 valence electrons. The number of aromatic nitrogens is 1. The lowest BCUT2D eigenvalue weighted by Crippen LogP contribution is -2.22. The van der Waals surface area contributed by atoms with E-state index in [0.717, 1.165) is 19.6 Å². The Morgan fingerprint density at radius 3 is 2.64 bits per heavy atom. The first-order chi connectivity index (χ1) is 12.3. The molecule has 25 heavy (non-hydrogen) atoms. The van der Waals surface area contributed by atoms with Crippen LogP contribution in [0.15, 0.2) is 67.0 Å². The summed E-state index contributed by atoms with van der Waals surface area (Å²) in [6, 6.07) is 19.4. The Morgan fingerprint density at radius 1 is 1.04 bits per heavy atom. The quantitative estimate of drug-likeness (QED) is 0.677. The van der Waals surface area contributed by atoms with E-state index in [1.54, 1.807) is 0 Å². The molecule has 1 aromatic heterocycles. The number of anilines is 1. The van der Waals surface area contributed by atoms with Gasteiger partial charge in [0.1, 0.15) is 0 Å². The average Bonchev–Trinajstić information content (AvgIpc) is 3.31. The van der Waals surface area contributed by atoms with E-state index in [9.17, 15) is 0 Å². The van der Waals surface area contributed by atoms with Gasteiger partial charge < -0.3 is 14.2 Å². The van der Waals surface area contributed by atoms with Crippen LogP contribution in [-0.4, -0.2) is 17.7 Å². The Balaban J connectivity index is 1.64. The van der Waals surface area contributed by atoms with Gasteiger partial charge in [-0.2, -0.15) is 0 Å². The monoisotopic (exact) mass is 332 g/mol. The maximum absolute atomic E-state index is 6.05. The number of hydrogen-bond acceptors (Lipinski definition) is 2. The highest BCUT2D eigenvalue weighted by Gasteiger charge is 2.28. The summed E-state index contributed by atoms with van der Waals surface area (Å²) in [5, 5.41) is 0. The molecule has 3 nitrogen and oxygen atoms in total. The van der Waals surface area contributed by atoms with Crippen LogP contribution >= 0.6 is 0 Å². The van der Waals surface area contributed by atoms with Gasteiger partial charge in [-0.05, 0) is 43.2 Å². The number of ether oxygens (including phenoxy) is 1. The highest BCUT2D eigenvalue weighted by molar-refractivity contribution is 5.50. The summed E-state index contributed by atoms with van der Waals surface area (Å²) in [4.78, 5) is 2.34. The molecule has 0 unspecified atom stereocenters. The molecular formula is C22H24N2O. The van der Waals surface area contributed by atoms with Crippen molar-refractivity contribution in [2.75, 3.05) is 18.1 Å². The highest BCUT2D eigenvalue weighted by Crippen LogP contribution is 2.33. The summed E-state index contributed by atoms with van der Waals surface area (Å²) in [6.07, 6.45) is 5.35. The number of rotatable bonds is 4. The zero-order valence-corrected chi connectivity index (χ0v) is 14.9. The topological polar surface area (TPSA) is 17.4 Å². The summed E-state index contributed by atoms with van der Waals surface area (Å²) >= 11 is 0. The van der Waals surface area contributed by atoms with E-state index in [-0.39, 0.29) is 6.23 Å². The summed E-state index contributed by atoms with van der Waals surface area (Å²) < 4.78 is 8.27. The summed E-state index contributed by atoms with van der Waals surface area (Å²) in [5.41, 5.74) is 6.30. The molecule has 0 aliphatic carbocycles. The van der Waals surface area contributed by atoms with Gasteiger partial charge in [0.05, 0.1) is 6.61 Å². The van der Waals surface area contributed by atoms with Crippen LogP contribution in [-0.2, 0) is 11.2 Å². The first-order valence-corrected chi connectivity index (χ1v) is 8.97. The largest absolute Gasteiger partial charge is 0.352 e. The number of benzene rings is 2. The van der Waals surface area contributed by atoms with E-state index >= 15 is 0 Å². The van der Waals surface area contributed by atoms with Crippen LogP contribution in [0.1, 0.15) is 29.8 Å². The fourth-order valence-corrected chi connectivity index (χ4v) is 3.52. The molecule has 2 aromatic carbocycles. The second-order valence-corrected chi connectivity index (χ2v) is 6.59. The highest BCUT2D eigenvalue weighted by atomic mass is 16.5. The van der Waals surface area contributed by atoms with Gasteiger partial charge in [0.2, 0.25) is 0 Å². The Morgan fingerprint density at radius 2 is 1.84 bits per heavy atom. The van der Waals surface area contributed by atoms with Crippen molar-refractivity contribution in [2.45, 2.75) is 26.5 Å². The molecule has 3 heteroatoms. The van der Waals surface area contributed by atoms with Crippen LogP contribution in [0.25, 0.3) is 5.69 Å². The van der Waals surface area contributed by atoms with Crippen molar-refractivity contribution in [3.8, 4) is 5.69 Å². The van der Waals surface area contributed by atoms with Crippen molar-refractivity contribution in [1.29, 1.82) is 0 Å². The van der Waals surface area contributed by atoms with Gasteiger partial charge in [-0.15, -0.1) is 0 Å². The molecule has 4 rings (SSSR count). The third-order valence-electron chi connectivity index (χ3n) is 4.91. The van der Waals surface area contributed by atoms with Gasteiger partial charge in [-0.3, -0.25) is 0 Å². The van der Waals surface area contributed by atoms with E-state index in [1.165, 1.54) is 28.1 Å². The van der Waals surface area contributed by atoms with Gasteiger partial charge in [-0.25, -0.2) is 0 Å². The van der Waals surface area contributed by atoms with Crippen molar-refractivity contribution in [1.82, 2.24) is 4.57 Å². The summed E-state index contributed by atoms with van der Waals surface area (Å²) in [7, 11) is 0. The average molecular weight is 332 g/mol. The molecule has 0 bridgehead atoms. The number of hydrogen-bond donors (Lipinski definition) is 0. The fraction of sp³-hybridized carbons (Fsp3) is 0.273. The van der Waals surface area contributed by atoms with Crippen molar-refractivity contribution >= 4 is 5.69 Å². The molecule has 0 N–H and O–H groups in total. The summed E-state index contributed by atoms with van der Waals surface area (Å²) in [6.45, 7) is 6.00. The molecule has 1 aliphatic heterocycles. The Kier molecular flexibility index (Phi) is 4.33. The minimum absolute atomic E-state index is 0.0160. The molecule has 0 saturated carbocycles. The summed E-state index contributed by atoms with van der Waals surface area (Å²) in [5.74, 6) is 0. The van der Waals surface area contributed by atoms with E-state index in [2.05, 4.69) is 90.3 Å². The number of para-hydroxylation sites is 1. The van der Waals surface area contributed by atoms with Gasteiger partial charge in [0.15, 0.2) is 6.23 Å². The molecule has 2 heterocycles. The number of nitrogens with zero attached hydrogens (tertiary/aromatic N) is 2. The third-order valence-corrected chi connectivity index (χ3v) is 4.91. The standard InChI is InChI=1S/C22H24N2O/c1-3-18-6-4-5-7-21(18)23-13-12-19(16-23)22-24(14-15-25-22)20-10-8-17(2)9-11-20/h4-13,16,22H,3,14-15H2,1-2H3/t22-/m1/s1. The second-order valence-electron chi connectivity index (χ2n) is 6.59. The molecule has 0 radical (unpaired) electrons. The SMILES string of the molecule is CCc1ccccc1-n1ccc([C@H]2OCCN2c2ccc(C)cc2)c1. The van der Waals surface area contributed by atoms with Crippen LogP contribution in [0.4, 0.5) is 5.69 Å². The smallest absolute Gasteiger partial charge is 0.158 e. The number of aryl methyl sites for hydroxylation is 2. The lowest BCUT2D eigenvalue weighted by molar-refractivity contribution is 0.114. The molecular weight excluding hydrogens is 308 g/mol. The van der Waals surface area contributed by atoms with Crippen molar-refractivity contribution in [3.05, 3.63) is 83.7 Å². The Labute approximate surface area is 149 Å². The minimum Gasteiger partial charge on any atom is -0.352 e. The minimum atomic E-state index is -0.0160. The lowest BCUT2D eigenvalue weighted by Gasteiger charge is -2.24. The van der Waals surface area contributed by atoms with Crippen LogP contribution in [0.2, 0.25) is 0 Å². The lowest BCUT2D eigenvalue weighted by atomic mass is 10.1. The van der Waals surface area contributed by atoms with Gasteiger partial charge in [0.25, 0.3) is 0 Å². The predicted octanol–water partition coefficient (Wildman–Crippen LogP) is 4.88. The van der Waals surface area contributed by atoms with E-state index in [1.807, 2.05) is 0 Å². The fourth-order valence-electron chi connectivity index (χ4n) is 3.52. The first kappa shape index (κ1) is 16.0. The maximum atomic E-state index is 6.05. The van der Waals surface area contributed by atoms with Gasteiger partial charge >= 0.3 is 0 Å². The van der Waals surface area contributed by atoms with Crippen molar-refractivity contribution in [2.24, 2.45) is 0 Å². The predicted molar refractivity (Wildman–Crippen MR) is 102 cm³/mol. The molecule has 1 atom stereocenters. The molecule has 1 saturated heterocycles. The van der Waals surface area contributed by atoms with E-state index in [4.69, 9.17) is 4.74 Å². The van der Waals surface area contributed by atoms with Crippen molar-refractivity contribution in [3.63, 3.8) is 0 Å². The zero-order chi connectivity index (χ0) is 17.2. The molecule has 1 aliphatic rings. The zero-order valence-electron chi connectivity index (χ0n) is 14.9. The van der Waals surface area contributed by atoms with Crippen LogP contribution in [0.3, 0.4) is 0 Å². The van der Waals surface area contributed by atoms with Crippen LogP contribution in [0.5, 0.6) is 0 Å². The van der Waals surface area contributed by atoms with E-state index < -0.39 is 0 Å². The first-order valence-electron chi connectivity index (χ1n) is 8.97. The third kappa shape index (κ3) is 3.08. The second kappa shape index (κ2) is 6.77. The maximum Gasteiger partial charge on any atom is 0.158 e. The van der Waals surface area contributed by atoms with Crippen molar-refractivity contribution < 1.29 is 4.74 Å². The molecule has 1 fully saturated rings. The normalized spacial score (nSPS) is 17.2.